The van der Waals surface area contributed by atoms with Crippen molar-refractivity contribution in [3.05, 3.63) is 46.9 Å². The maximum absolute atomic E-state index is 10.9. The van der Waals surface area contributed by atoms with Crippen LogP contribution in [0.15, 0.2) is 30.5 Å². The Morgan fingerprint density at radius 3 is 2.88 bits per heavy atom. The van der Waals surface area contributed by atoms with Crippen molar-refractivity contribution in [1.82, 2.24) is 9.97 Å². The van der Waals surface area contributed by atoms with Crippen molar-refractivity contribution in [3.8, 4) is 0 Å². The van der Waals surface area contributed by atoms with Gasteiger partial charge in [0, 0.05) is 5.56 Å². The average molecular weight is 248 g/mol. The Hall–Kier alpha value is -1.94. The molecule has 17 heavy (non-hydrogen) atoms. The molecule has 0 spiro atoms. The highest BCUT2D eigenvalue weighted by Gasteiger charge is 2.06. The first-order valence-corrected chi connectivity index (χ1v) is 5.39. The molecule has 0 atom stereocenters. The monoisotopic (exact) mass is 247 g/mol. The van der Waals surface area contributed by atoms with Gasteiger partial charge in [0.25, 0.3) is 0 Å². The summed E-state index contributed by atoms with van der Waals surface area (Å²) in [6, 6.07) is 7.13. The number of aryl methyl sites for hydroxylation is 1. The number of hydrogen-bond donors (Lipinski definition) is 1. The van der Waals surface area contributed by atoms with Crippen molar-refractivity contribution in [2.24, 2.45) is 0 Å². The second-order valence-electron chi connectivity index (χ2n) is 3.44. The molecule has 0 aliphatic heterocycles. The van der Waals surface area contributed by atoms with E-state index in [9.17, 15) is 4.79 Å². The Morgan fingerprint density at radius 2 is 2.12 bits per heavy atom. The van der Waals surface area contributed by atoms with E-state index in [0.717, 1.165) is 6.29 Å². The van der Waals surface area contributed by atoms with Crippen molar-refractivity contribution in [2.75, 3.05) is 5.32 Å². The molecule has 0 aliphatic carbocycles. The summed E-state index contributed by atoms with van der Waals surface area (Å²) in [6.07, 6.45) is 2.31. The number of nitrogens with one attached hydrogen (secondary N) is 1. The Bertz CT molecular complexity index is 557. The normalized spacial score (nSPS) is 10.0. The largest absolute Gasteiger partial charge is 0.338 e. The Labute approximate surface area is 104 Å². The fraction of sp³-hybridized carbons (Fsp3) is 0.0833. The zero-order valence-electron chi connectivity index (χ0n) is 9.14. The number of halogens is 1. The maximum atomic E-state index is 10.9. The van der Waals surface area contributed by atoms with E-state index >= 15 is 0 Å². The van der Waals surface area contributed by atoms with Crippen LogP contribution in [0.5, 0.6) is 0 Å². The third-order valence-corrected chi connectivity index (χ3v) is 2.48. The Morgan fingerprint density at radius 1 is 1.35 bits per heavy atom. The van der Waals surface area contributed by atoms with Crippen LogP contribution >= 0.6 is 11.6 Å². The van der Waals surface area contributed by atoms with E-state index < -0.39 is 0 Å². The summed E-state index contributed by atoms with van der Waals surface area (Å²) in [7, 11) is 0. The fourth-order valence-electron chi connectivity index (χ4n) is 1.38. The van der Waals surface area contributed by atoms with E-state index in [-0.39, 0.29) is 0 Å². The van der Waals surface area contributed by atoms with Gasteiger partial charge in [-0.25, -0.2) is 9.97 Å². The minimum Gasteiger partial charge on any atom is -0.338 e. The van der Waals surface area contributed by atoms with Crippen molar-refractivity contribution < 1.29 is 4.79 Å². The summed E-state index contributed by atoms with van der Waals surface area (Å²) in [5.41, 5.74) is 1.22. The summed E-state index contributed by atoms with van der Waals surface area (Å²) in [5, 5.41) is 3.43. The number of para-hydroxylation sites is 1. The molecule has 4 nitrogen and oxygen atoms in total. The quantitative estimate of drug-likeness (QED) is 0.848. The lowest BCUT2D eigenvalue weighted by Gasteiger charge is -2.09. The van der Waals surface area contributed by atoms with Gasteiger partial charge in [-0.1, -0.05) is 23.7 Å². The molecule has 2 rings (SSSR count). The second-order valence-corrected chi connectivity index (χ2v) is 3.85. The summed E-state index contributed by atoms with van der Waals surface area (Å²) < 4.78 is 0. The number of anilines is 2. The molecule has 1 heterocycles. The molecule has 0 unspecified atom stereocenters. The first kappa shape index (κ1) is 11.5. The van der Waals surface area contributed by atoms with Gasteiger partial charge >= 0.3 is 0 Å². The lowest BCUT2D eigenvalue weighted by atomic mass is 10.2. The van der Waals surface area contributed by atoms with Gasteiger partial charge in [0.05, 0.1) is 11.9 Å². The third kappa shape index (κ3) is 2.60. The maximum Gasteiger partial charge on any atom is 0.152 e. The van der Waals surface area contributed by atoms with Gasteiger partial charge in [-0.2, -0.15) is 0 Å². The Balaban J connectivity index is 2.37. The minimum absolute atomic E-state index is 0.413. The lowest BCUT2D eigenvalue weighted by molar-refractivity contribution is 0.112. The summed E-state index contributed by atoms with van der Waals surface area (Å²) in [4.78, 5) is 19.0. The number of hydrogen-bond acceptors (Lipinski definition) is 4. The number of rotatable bonds is 3. The molecule has 0 aliphatic rings. The summed E-state index contributed by atoms with van der Waals surface area (Å²) in [6.45, 7) is 1.77. The minimum atomic E-state index is 0.413. The third-order valence-electron chi connectivity index (χ3n) is 2.21. The summed E-state index contributed by atoms with van der Waals surface area (Å²) in [5.74, 6) is 1.11. The van der Waals surface area contributed by atoms with Crippen LogP contribution in [-0.2, 0) is 0 Å². The van der Waals surface area contributed by atoms with E-state index in [2.05, 4.69) is 15.3 Å². The molecule has 0 saturated heterocycles. The van der Waals surface area contributed by atoms with E-state index in [1.807, 2.05) is 6.07 Å². The molecule has 5 heteroatoms. The SMILES string of the molecule is Cc1ncc(Cl)c(Nc2ccccc2C=O)n1. The molecule has 0 saturated carbocycles. The highest BCUT2D eigenvalue weighted by Crippen LogP contribution is 2.23. The molecular weight excluding hydrogens is 238 g/mol. The number of carbonyl (C=O) groups is 1. The van der Waals surface area contributed by atoms with Crippen molar-refractivity contribution in [3.63, 3.8) is 0 Å². The second kappa shape index (κ2) is 4.93. The molecule has 0 fully saturated rings. The van der Waals surface area contributed by atoms with Crippen LogP contribution < -0.4 is 5.32 Å². The first-order valence-electron chi connectivity index (χ1n) is 5.01. The highest BCUT2D eigenvalue weighted by molar-refractivity contribution is 6.32. The van der Waals surface area contributed by atoms with E-state index in [1.54, 1.807) is 25.1 Å². The van der Waals surface area contributed by atoms with Crippen LogP contribution in [0.4, 0.5) is 11.5 Å². The van der Waals surface area contributed by atoms with Crippen molar-refractivity contribution >= 4 is 29.4 Å². The van der Waals surface area contributed by atoms with Crippen molar-refractivity contribution in [2.45, 2.75) is 6.92 Å². The van der Waals surface area contributed by atoms with E-state index in [1.165, 1.54) is 6.20 Å². The van der Waals surface area contributed by atoms with E-state index in [4.69, 9.17) is 11.6 Å². The van der Waals surface area contributed by atoms with Crippen LogP contribution in [-0.4, -0.2) is 16.3 Å². The van der Waals surface area contributed by atoms with Crippen LogP contribution in [0, 0.1) is 6.92 Å². The number of aromatic nitrogens is 2. The van der Waals surface area contributed by atoms with Gasteiger partial charge in [0.2, 0.25) is 0 Å². The Kier molecular flexibility index (Phi) is 3.35. The fourth-order valence-corrected chi connectivity index (χ4v) is 1.52. The molecule has 0 radical (unpaired) electrons. The van der Waals surface area contributed by atoms with Gasteiger partial charge in [0.1, 0.15) is 10.8 Å². The molecular formula is C12H10ClN3O. The number of aldehydes is 1. The van der Waals surface area contributed by atoms with Gasteiger partial charge in [-0.15, -0.1) is 0 Å². The number of nitrogens with zero attached hydrogens (tertiary/aromatic N) is 2. The van der Waals surface area contributed by atoms with Crippen molar-refractivity contribution in [1.29, 1.82) is 0 Å². The highest BCUT2D eigenvalue weighted by atomic mass is 35.5. The first-order chi connectivity index (χ1) is 8.20. The predicted molar refractivity (Wildman–Crippen MR) is 66.9 cm³/mol. The predicted octanol–water partition coefficient (Wildman–Crippen LogP) is 2.99. The van der Waals surface area contributed by atoms with Crippen LogP contribution in [0.1, 0.15) is 16.2 Å². The molecule has 1 aromatic heterocycles. The van der Waals surface area contributed by atoms with Crippen LogP contribution in [0.25, 0.3) is 0 Å². The molecule has 1 aromatic carbocycles. The zero-order valence-corrected chi connectivity index (χ0v) is 9.90. The molecule has 0 bridgehead atoms. The van der Waals surface area contributed by atoms with Gasteiger partial charge in [-0.05, 0) is 19.1 Å². The van der Waals surface area contributed by atoms with Gasteiger partial charge in [-0.3, -0.25) is 4.79 Å². The van der Waals surface area contributed by atoms with Gasteiger partial charge < -0.3 is 5.32 Å². The van der Waals surface area contributed by atoms with Gasteiger partial charge in [0.15, 0.2) is 12.1 Å². The zero-order chi connectivity index (χ0) is 12.3. The van der Waals surface area contributed by atoms with E-state index in [0.29, 0.717) is 27.9 Å². The number of benzene rings is 1. The standard InChI is InChI=1S/C12H10ClN3O/c1-8-14-6-10(13)12(15-8)16-11-5-3-2-4-9(11)7-17/h2-7H,1H3,(H,14,15,16). The average Bonchev–Trinajstić information content (AvgIpc) is 2.34. The molecule has 2 aromatic rings. The van der Waals surface area contributed by atoms with Crippen LogP contribution in [0.2, 0.25) is 5.02 Å². The number of carbonyl (C=O) groups excluding carboxylic acids is 1. The van der Waals surface area contributed by atoms with Crippen LogP contribution in [0.3, 0.4) is 0 Å². The molecule has 1 N–H and O–H groups in total. The topological polar surface area (TPSA) is 54.9 Å². The smallest absolute Gasteiger partial charge is 0.152 e. The molecule has 0 amide bonds. The molecule has 86 valence electrons. The summed E-state index contributed by atoms with van der Waals surface area (Å²) >= 11 is 5.97. The lowest BCUT2D eigenvalue weighted by Crippen LogP contribution is -2.00.